The van der Waals surface area contributed by atoms with Gasteiger partial charge in [0.1, 0.15) is 5.92 Å². The molecule has 5 N–H and O–H groups in total. The lowest BCUT2D eigenvalue weighted by molar-refractivity contribution is -0.124. The molecular formula is C10H20N4O3. The van der Waals surface area contributed by atoms with E-state index >= 15 is 0 Å². The van der Waals surface area contributed by atoms with Gasteiger partial charge < -0.3 is 21.6 Å². The molecule has 0 heterocycles. The Kier molecular flexibility index (Phi) is 6.69. The maximum Gasteiger partial charge on any atom is 0.231 e. The topological polar surface area (TPSA) is 117 Å². The number of hydrogen-bond donors (Lipinski definition) is 4. The van der Waals surface area contributed by atoms with Crippen molar-refractivity contribution in [1.29, 1.82) is 0 Å². The first-order valence-corrected chi connectivity index (χ1v) is 5.39. The van der Waals surface area contributed by atoms with E-state index in [1.807, 2.05) is 0 Å². The maximum atomic E-state index is 11.7. The van der Waals surface area contributed by atoms with Crippen molar-refractivity contribution in [2.24, 2.45) is 22.7 Å². The summed E-state index contributed by atoms with van der Waals surface area (Å²) in [5, 5.41) is 16.4. The van der Waals surface area contributed by atoms with Gasteiger partial charge in [-0.05, 0) is 5.92 Å². The van der Waals surface area contributed by atoms with E-state index in [9.17, 15) is 9.59 Å². The highest BCUT2D eigenvalue weighted by Crippen LogP contribution is 2.11. The minimum absolute atomic E-state index is 0.0918. The smallest absolute Gasteiger partial charge is 0.231 e. The van der Waals surface area contributed by atoms with E-state index in [2.05, 4.69) is 15.8 Å². The van der Waals surface area contributed by atoms with Gasteiger partial charge in [0.2, 0.25) is 11.8 Å². The molecule has 0 aromatic heterocycles. The molecule has 0 aliphatic heterocycles. The van der Waals surface area contributed by atoms with Crippen molar-refractivity contribution in [2.45, 2.75) is 20.3 Å². The second-order valence-electron chi connectivity index (χ2n) is 3.96. The van der Waals surface area contributed by atoms with Crippen LogP contribution in [-0.2, 0) is 9.59 Å². The molecule has 1 unspecified atom stereocenters. The SMILES string of the molecule is CNC(=O)CCNC(=O)C(C(N)=NO)C(C)C. The standard InChI is InChI=1S/C10H20N4O3/c1-6(2)8(9(11)14-17)10(16)13-5-4-7(15)12-3/h6,8,17H,4-5H2,1-3H3,(H2,11,14)(H,12,15)(H,13,16). The van der Waals surface area contributed by atoms with E-state index in [4.69, 9.17) is 10.9 Å². The van der Waals surface area contributed by atoms with Crippen LogP contribution in [0.15, 0.2) is 5.16 Å². The Labute approximate surface area is 100 Å². The number of carbonyl (C=O) groups excluding carboxylic acids is 2. The van der Waals surface area contributed by atoms with E-state index in [1.54, 1.807) is 13.8 Å². The van der Waals surface area contributed by atoms with Crippen molar-refractivity contribution in [2.75, 3.05) is 13.6 Å². The molecule has 7 heteroatoms. The molecule has 0 rings (SSSR count). The van der Waals surface area contributed by atoms with Crippen molar-refractivity contribution < 1.29 is 14.8 Å². The maximum absolute atomic E-state index is 11.7. The molecule has 0 aliphatic rings. The molecule has 0 aromatic carbocycles. The van der Waals surface area contributed by atoms with Gasteiger partial charge in [0, 0.05) is 20.0 Å². The van der Waals surface area contributed by atoms with Gasteiger partial charge in [0.25, 0.3) is 0 Å². The van der Waals surface area contributed by atoms with Crippen molar-refractivity contribution >= 4 is 17.6 Å². The molecule has 17 heavy (non-hydrogen) atoms. The van der Waals surface area contributed by atoms with Crippen LogP contribution in [-0.4, -0.2) is 36.4 Å². The predicted octanol–water partition coefficient (Wildman–Crippen LogP) is -0.743. The molecule has 98 valence electrons. The fourth-order valence-electron chi connectivity index (χ4n) is 1.37. The summed E-state index contributed by atoms with van der Waals surface area (Å²) in [5.41, 5.74) is 5.44. The van der Waals surface area contributed by atoms with Crippen LogP contribution in [0.25, 0.3) is 0 Å². The van der Waals surface area contributed by atoms with Gasteiger partial charge in [-0.3, -0.25) is 9.59 Å². The number of carbonyl (C=O) groups is 2. The molecule has 2 amide bonds. The van der Waals surface area contributed by atoms with Crippen LogP contribution in [0, 0.1) is 11.8 Å². The lowest BCUT2D eigenvalue weighted by atomic mass is 9.94. The zero-order valence-electron chi connectivity index (χ0n) is 10.4. The molecule has 7 nitrogen and oxygen atoms in total. The van der Waals surface area contributed by atoms with Gasteiger partial charge in [-0.1, -0.05) is 19.0 Å². The summed E-state index contributed by atoms with van der Waals surface area (Å²) in [6.45, 7) is 3.81. The van der Waals surface area contributed by atoms with Crippen molar-refractivity contribution in [3.8, 4) is 0 Å². The second-order valence-corrected chi connectivity index (χ2v) is 3.96. The van der Waals surface area contributed by atoms with Gasteiger partial charge in [0.15, 0.2) is 5.84 Å². The van der Waals surface area contributed by atoms with E-state index in [1.165, 1.54) is 7.05 Å². The summed E-state index contributed by atoms with van der Waals surface area (Å²) in [5.74, 6) is -1.41. The molecule has 0 spiro atoms. The van der Waals surface area contributed by atoms with Crippen molar-refractivity contribution in [3.63, 3.8) is 0 Å². The van der Waals surface area contributed by atoms with Crippen LogP contribution >= 0.6 is 0 Å². The summed E-state index contributed by atoms with van der Waals surface area (Å²) >= 11 is 0. The molecule has 0 bridgehead atoms. The van der Waals surface area contributed by atoms with Gasteiger partial charge in [-0.25, -0.2) is 0 Å². The fraction of sp³-hybridized carbons (Fsp3) is 0.700. The summed E-state index contributed by atoms with van der Waals surface area (Å²) in [6.07, 6.45) is 0.198. The number of oxime groups is 1. The Morgan fingerprint density at radius 3 is 2.41 bits per heavy atom. The third-order valence-electron chi connectivity index (χ3n) is 2.31. The third-order valence-corrected chi connectivity index (χ3v) is 2.31. The molecular weight excluding hydrogens is 224 g/mol. The summed E-state index contributed by atoms with van der Waals surface area (Å²) in [7, 11) is 1.53. The fourth-order valence-corrected chi connectivity index (χ4v) is 1.37. The number of nitrogens with zero attached hydrogens (tertiary/aromatic N) is 1. The van der Waals surface area contributed by atoms with Crippen LogP contribution in [0.5, 0.6) is 0 Å². The van der Waals surface area contributed by atoms with Crippen LogP contribution in [0.2, 0.25) is 0 Å². The molecule has 0 aromatic rings. The van der Waals surface area contributed by atoms with E-state index in [0.29, 0.717) is 0 Å². The first-order valence-electron chi connectivity index (χ1n) is 5.39. The minimum Gasteiger partial charge on any atom is -0.409 e. The van der Waals surface area contributed by atoms with Gasteiger partial charge in [0.05, 0.1) is 0 Å². The highest BCUT2D eigenvalue weighted by atomic mass is 16.4. The van der Waals surface area contributed by atoms with Gasteiger partial charge in [-0.2, -0.15) is 0 Å². The second kappa shape index (κ2) is 7.48. The first-order chi connectivity index (χ1) is 7.93. The summed E-state index contributed by atoms with van der Waals surface area (Å²) in [6, 6.07) is 0. The average Bonchev–Trinajstić information content (AvgIpc) is 2.28. The molecule has 0 radical (unpaired) electrons. The number of hydrogen-bond acceptors (Lipinski definition) is 4. The molecule has 1 atom stereocenters. The Bertz CT molecular complexity index is 302. The molecule has 0 saturated carbocycles. The van der Waals surface area contributed by atoms with Crippen molar-refractivity contribution in [3.05, 3.63) is 0 Å². The Morgan fingerprint density at radius 1 is 1.41 bits per heavy atom. The largest absolute Gasteiger partial charge is 0.409 e. The number of amidine groups is 1. The molecule has 0 saturated heterocycles. The zero-order valence-corrected chi connectivity index (χ0v) is 10.4. The number of rotatable bonds is 6. The predicted molar refractivity (Wildman–Crippen MR) is 63.4 cm³/mol. The minimum atomic E-state index is -0.690. The first kappa shape index (κ1) is 15.2. The lowest BCUT2D eigenvalue weighted by Gasteiger charge is -2.18. The Balaban J connectivity index is 4.31. The van der Waals surface area contributed by atoms with Crippen LogP contribution in [0.3, 0.4) is 0 Å². The number of nitrogens with two attached hydrogens (primary N) is 1. The van der Waals surface area contributed by atoms with Gasteiger partial charge >= 0.3 is 0 Å². The van der Waals surface area contributed by atoms with Crippen LogP contribution in [0.1, 0.15) is 20.3 Å². The summed E-state index contributed by atoms with van der Waals surface area (Å²) in [4.78, 5) is 22.7. The van der Waals surface area contributed by atoms with Crippen molar-refractivity contribution in [1.82, 2.24) is 10.6 Å². The highest BCUT2D eigenvalue weighted by molar-refractivity contribution is 6.02. The average molecular weight is 244 g/mol. The number of nitrogens with one attached hydrogen (secondary N) is 2. The number of amides is 2. The van der Waals surface area contributed by atoms with E-state index < -0.39 is 5.92 Å². The third kappa shape index (κ3) is 5.19. The molecule has 0 aliphatic carbocycles. The Morgan fingerprint density at radius 2 is 2.00 bits per heavy atom. The zero-order chi connectivity index (χ0) is 13.4. The van der Waals surface area contributed by atoms with Crippen LogP contribution in [0.4, 0.5) is 0 Å². The van der Waals surface area contributed by atoms with E-state index in [-0.39, 0.29) is 36.5 Å². The quantitative estimate of drug-likeness (QED) is 0.213. The Hall–Kier alpha value is -1.79. The normalized spacial score (nSPS) is 13.3. The summed E-state index contributed by atoms with van der Waals surface area (Å²) < 4.78 is 0. The van der Waals surface area contributed by atoms with Gasteiger partial charge in [-0.15, -0.1) is 0 Å². The lowest BCUT2D eigenvalue weighted by Crippen LogP contribution is -2.42. The van der Waals surface area contributed by atoms with Crippen LogP contribution < -0.4 is 16.4 Å². The monoisotopic (exact) mass is 244 g/mol. The molecule has 0 fully saturated rings. The highest BCUT2D eigenvalue weighted by Gasteiger charge is 2.26. The van der Waals surface area contributed by atoms with E-state index in [0.717, 1.165) is 0 Å².